The first kappa shape index (κ1) is 17.7. The minimum absolute atomic E-state index is 0.200. The lowest BCUT2D eigenvalue weighted by Crippen LogP contribution is -2.40. The molecular formula is C19H20FN5OS. The number of pyridine rings is 1. The Morgan fingerprint density at radius 1 is 1.26 bits per heavy atom. The van der Waals surface area contributed by atoms with Gasteiger partial charge in [-0.05, 0) is 42.2 Å². The Labute approximate surface area is 159 Å². The number of nitrogens with two attached hydrogens (primary N) is 3. The Morgan fingerprint density at radius 3 is 2.67 bits per heavy atom. The van der Waals surface area contributed by atoms with Crippen LogP contribution in [0.25, 0.3) is 21.3 Å². The van der Waals surface area contributed by atoms with E-state index in [1.165, 1.54) is 23.5 Å². The van der Waals surface area contributed by atoms with Crippen LogP contribution in [0.4, 0.5) is 15.9 Å². The summed E-state index contributed by atoms with van der Waals surface area (Å²) >= 11 is 1.17. The quantitative estimate of drug-likeness (QED) is 0.642. The van der Waals surface area contributed by atoms with E-state index >= 15 is 0 Å². The van der Waals surface area contributed by atoms with E-state index in [0.717, 1.165) is 37.3 Å². The second-order valence-electron chi connectivity index (χ2n) is 6.75. The van der Waals surface area contributed by atoms with Crippen LogP contribution in [0.2, 0.25) is 0 Å². The van der Waals surface area contributed by atoms with E-state index in [9.17, 15) is 9.18 Å². The van der Waals surface area contributed by atoms with Crippen LogP contribution >= 0.6 is 11.3 Å². The van der Waals surface area contributed by atoms with Gasteiger partial charge in [-0.1, -0.05) is 12.1 Å². The first-order valence-electron chi connectivity index (χ1n) is 8.73. The molecule has 0 atom stereocenters. The Kier molecular flexibility index (Phi) is 4.45. The fourth-order valence-corrected chi connectivity index (χ4v) is 4.43. The van der Waals surface area contributed by atoms with Crippen LogP contribution in [-0.4, -0.2) is 30.0 Å². The fraction of sp³-hybridized carbons (Fsp3) is 0.263. The van der Waals surface area contributed by atoms with Gasteiger partial charge in [-0.25, -0.2) is 9.37 Å². The van der Waals surface area contributed by atoms with Crippen molar-refractivity contribution in [1.29, 1.82) is 0 Å². The number of carbonyl (C=O) groups excluding carboxylic acids is 1. The maximum Gasteiger partial charge on any atom is 0.260 e. The molecule has 3 aromatic rings. The van der Waals surface area contributed by atoms with Crippen LogP contribution in [0.3, 0.4) is 0 Å². The standard InChI is InChI=1S/C19H20FN5OS/c20-11-3-1-2-10(8-11)13-9-14(25-6-4-12(21)5-7-25)24-19-15(13)16(22)17(27-19)18(23)26/h1-3,8-9,12H,4-7,21-22H2,(H2,23,26). The van der Waals surface area contributed by atoms with Crippen molar-refractivity contribution < 1.29 is 9.18 Å². The molecule has 0 aliphatic carbocycles. The van der Waals surface area contributed by atoms with Crippen molar-refractivity contribution in [2.75, 3.05) is 23.7 Å². The first-order valence-corrected chi connectivity index (χ1v) is 9.55. The molecule has 140 valence electrons. The van der Waals surface area contributed by atoms with E-state index in [1.807, 2.05) is 12.1 Å². The summed E-state index contributed by atoms with van der Waals surface area (Å²) in [5.74, 6) is -0.163. The molecule has 2 aromatic heterocycles. The minimum atomic E-state index is -0.591. The smallest absolute Gasteiger partial charge is 0.260 e. The van der Waals surface area contributed by atoms with E-state index in [2.05, 4.69) is 4.90 Å². The number of fused-ring (bicyclic) bond motifs is 1. The van der Waals surface area contributed by atoms with Crippen molar-refractivity contribution in [3.8, 4) is 11.1 Å². The molecule has 1 saturated heterocycles. The van der Waals surface area contributed by atoms with Gasteiger partial charge in [0.05, 0.1) is 5.69 Å². The molecule has 1 aliphatic heterocycles. The molecule has 0 saturated carbocycles. The molecule has 1 fully saturated rings. The summed E-state index contributed by atoms with van der Waals surface area (Å²) in [6, 6.07) is 8.41. The molecule has 6 nitrogen and oxygen atoms in total. The van der Waals surface area contributed by atoms with Gasteiger partial charge in [0.25, 0.3) is 5.91 Å². The van der Waals surface area contributed by atoms with Crippen molar-refractivity contribution in [2.45, 2.75) is 18.9 Å². The lowest BCUT2D eigenvalue weighted by molar-refractivity contribution is 0.100. The van der Waals surface area contributed by atoms with Gasteiger partial charge >= 0.3 is 0 Å². The Hall–Kier alpha value is -2.71. The van der Waals surface area contributed by atoms with E-state index in [-0.39, 0.29) is 16.7 Å². The van der Waals surface area contributed by atoms with Crippen molar-refractivity contribution in [1.82, 2.24) is 4.98 Å². The van der Waals surface area contributed by atoms with E-state index < -0.39 is 5.91 Å². The number of aromatic nitrogens is 1. The number of hydrogen-bond donors (Lipinski definition) is 3. The number of carbonyl (C=O) groups is 1. The highest BCUT2D eigenvalue weighted by Gasteiger charge is 2.23. The van der Waals surface area contributed by atoms with E-state index in [1.54, 1.807) is 6.07 Å². The maximum atomic E-state index is 13.8. The third-order valence-corrected chi connectivity index (χ3v) is 6.02. The van der Waals surface area contributed by atoms with Crippen molar-refractivity contribution in [3.63, 3.8) is 0 Å². The number of benzene rings is 1. The van der Waals surface area contributed by atoms with Gasteiger partial charge in [-0.2, -0.15) is 0 Å². The molecular weight excluding hydrogens is 365 g/mol. The largest absolute Gasteiger partial charge is 0.397 e. The predicted molar refractivity (Wildman–Crippen MR) is 107 cm³/mol. The highest BCUT2D eigenvalue weighted by molar-refractivity contribution is 7.21. The lowest BCUT2D eigenvalue weighted by Gasteiger charge is -2.31. The molecule has 0 radical (unpaired) electrons. The molecule has 3 heterocycles. The second kappa shape index (κ2) is 6.79. The molecule has 1 amide bonds. The summed E-state index contributed by atoms with van der Waals surface area (Å²) in [6.07, 6.45) is 1.77. The summed E-state index contributed by atoms with van der Waals surface area (Å²) in [6.45, 7) is 1.59. The topological polar surface area (TPSA) is 111 Å². The molecule has 0 bridgehead atoms. The van der Waals surface area contributed by atoms with Crippen LogP contribution in [0.15, 0.2) is 30.3 Å². The average molecular weight is 385 g/mol. The SMILES string of the molecule is NC(=O)c1sc2nc(N3CCC(N)CC3)cc(-c3cccc(F)c3)c2c1N. The Bertz CT molecular complexity index is 1030. The lowest BCUT2D eigenvalue weighted by atomic mass is 10.0. The monoisotopic (exact) mass is 385 g/mol. The molecule has 6 N–H and O–H groups in total. The number of thiophene rings is 1. The van der Waals surface area contributed by atoms with Gasteiger partial charge < -0.3 is 22.1 Å². The third kappa shape index (κ3) is 3.22. The molecule has 0 spiro atoms. The van der Waals surface area contributed by atoms with Gasteiger partial charge in [-0.3, -0.25) is 4.79 Å². The summed E-state index contributed by atoms with van der Waals surface area (Å²) in [7, 11) is 0. The molecule has 1 aromatic carbocycles. The van der Waals surface area contributed by atoms with E-state index in [0.29, 0.717) is 21.5 Å². The number of primary amides is 1. The predicted octanol–water partition coefficient (Wildman–Crippen LogP) is 2.71. The highest BCUT2D eigenvalue weighted by atomic mass is 32.1. The second-order valence-corrected chi connectivity index (χ2v) is 7.75. The fourth-order valence-electron chi connectivity index (χ4n) is 3.47. The van der Waals surface area contributed by atoms with Crippen LogP contribution in [0.1, 0.15) is 22.5 Å². The number of nitrogen functional groups attached to an aromatic ring is 1. The summed E-state index contributed by atoms with van der Waals surface area (Å²) in [5.41, 5.74) is 19.4. The van der Waals surface area contributed by atoms with Crippen molar-refractivity contribution in [2.24, 2.45) is 11.5 Å². The van der Waals surface area contributed by atoms with Crippen molar-refractivity contribution in [3.05, 3.63) is 41.0 Å². The molecule has 0 unspecified atom stereocenters. The van der Waals surface area contributed by atoms with Crippen molar-refractivity contribution >= 4 is 39.0 Å². The number of amides is 1. The molecule has 27 heavy (non-hydrogen) atoms. The summed E-state index contributed by atoms with van der Waals surface area (Å²) in [4.78, 5) is 19.5. The van der Waals surface area contributed by atoms with Crippen LogP contribution < -0.4 is 22.1 Å². The Morgan fingerprint density at radius 2 is 2.00 bits per heavy atom. The zero-order chi connectivity index (χ0) is 19.1. The van der Waals surface area contributed by atoms with Crippen LogP contribution in [0.5, 0.6) is 0 Å². The Balaban J connectivity index is 1.93. The molecule has 4 rings (SSSR count). The van der Waals surface area contributed by atoms with Crippen LogP contribution in [0, 0.1) is 5.82 Å². The van der Waals surface area contributed by atoms with Crippen LogP contribution in [-0.2, 0) is 0 Å². The number of halogens is 1. The first-order chi connectivity index (χ1) is 12.9. The minimum Gasteiger partial charge on any atom is -0.397 e. The summed E-state index contributed by atoms with van der Waals surface area (Å²) < 4.78 is 13.8. The third-order valence-electron chi connectivity index (χ3n) is 4.91. The zero-order valence-electron chi connectivity index (χ0n) is 14.6. The number of hydrogen-bond acceptors (Lipinski definition) is 6. The zero-order valence-corrected chi connectivity index (χ0v) is 15.4. The average Bonchev–Trinajstić information content (AvgIpc) is 2.99. The molecule has 8 heteroatoms. The van der Waals surface area contributed by atoms with Gasteiger partial charge in [0.1, 0.15) is 21.3 Å². The van der Waals surface area contributed by atoms with Gasteiger partial charge in [0, 0.05) is 24.5 Å². The normalized spacial score (nSPS) is 15.4. The van der Waals surface area contributed by atoms with Gasteiger partial charge in [-0.15, -0.1) is 11.3 Å². The number of piperidine rings is 1. The number of nitrogens with zero attached hydrogens (tertiary/aromatic N) is 2. The number of anilines is 2. The van der Waals surface area contributed by atoms with E-state index in [4.69, 9.17) is 22.2 Å². The molecule has 1 aliphatic rings. The van der Waals surface area contributed by atoms with Gasteiger partial charge in [0.2, 0.25) is 0 Å². The highest BCUT2D eigenvalue weighted by Crippen LogP contribution is 2.41. The number of rotatable bonds is 3. The summed E-state index contributed by atoms with van der Waals surface area (Å²) in [5, 5.41) is 0.636. The maximum absolute atomic E-state index is 13.8. The van der Waals surface area contributed by atoms with Gasteiger partial charge in [0.15, 0.2) is 0 Å².